The second-order valence-corrected chi connectivity index (χ2v) is 15.6. The third kappa shape index (κ3) is 46.9. The number of hydrogen-bond donors (Lipinski definition) is 0. The van der Waals surface area contributed by atoms with Crippen molar-refractivity contribution in [1.82, 2.24) is 0 Å². The molecule has 62 heavy (non-hydrogen) atoms. The van der Waals surface area contributed by atoms with Crippen LogP contribution in [0.2, 0.25) is 0 Å². The molecule has 348 valence electrons. The van der Waals surface area contributed by atoms with Crippen LogP contribution in [0.25, 0.3) is 0 Å². The van der Waals surface area contributed by atoms with Gasteiger partial charge < -0.3 is 14.2 Å². The Morgan fingerprint density at radius 1 is 0.339 bits per heavy atom. The summed E-state index contributed by atoms with van der Waals surface area (Å²) in [5.41, 5.74) is 0. The van der Waals surface area contributed by atoms with Crippen LogP contribution < -0.4 is 0 Å². The van der Waals surface area contributed by atoms with E-state index >= 15 is 0 Å². The summed E-state index contributed by atoms with van der Waals surface area (Å²) in [6, 6.07) is 0. The fourth-order valence-electron chi connectivity index (χ4n) is 5.98. The van der Waals surface area contributed by atoms with Crippen LogP contribution in [0.3, 0.4) is 0 Å². The maximum Gasteiger partial charge on any atom is 0.306 e. The summed E-state index contributed by atoms with van der Waals surface area (Å²) in [4.78, 5) is 37.8. The predicted molar refractivity (Wildman–Crippen MR) is 265 cm³/mol. The molecule has 0 aromatic heterocycles. The lowest BCUT2D eigenvalue weighted by molar-refractivity contribution is -0.167. The van der Waals surface area contributed by atoms with E-state index in [9.17, 15) is 14.4 Å². The molecule has 0 bridgehead atoms. The summed E-state index contributed by atoms with van der Waals surface area (Å²) in [5, 5.41) is 0. The lowest BCUT2D eigenvalue weighted by Crippen LogP contribution is -2.30. The zero-order chi connectivity index (χ0) is 45.1. The molecule has 0 saturated carbocycles. The molecule has 0 amide bonds. The monoisotopic (exact) mass is 857 g/mol. The molecule has 0 heterocycles. The molecule has 0 spiro atoms. The Kier molecular flexibility index (Phi) is 46.1. The van der Waals surface area contributed by atoms with Crippen molar-refractivity contribution in [3.63, 3.8) is 0 Å². The molecule has 0 radical (unpaired) electrons. The Morgan fingerprint density at radius 3 is 1.10 bits per heavy atom. The number of allylic oxidation sites excluding steroid dienone is 20. The van der Waals surface area contributed by atoms with Crippen LogP contribution in [0.1, 0.15) is 194 Å². The third-order valence-electron chi connectivity index (χ3n) is 9.67. The summed E-state index contributed by atoms with van der Waals surface area (Å²) in [6.45, 7) is 6.31. The summed E-state index contributed by atoms with van der Waals surface area (Å²) in [6.07, 6.45) is 67.6. The first kappa shape index (κ1) is 57.8. The highest BCUT2D eigenvalue weighted by Crippen LogP contribution is 2.10. The number of rotatable bonds is 42. The Balaban J connectivity index is 4.59. The van der Waals surface area contributed by atoms with Crippen molar-refractivity contribution < 1.29 is 28.6 Å². The van der Waals surface area contributed by atoms with E-state index in [0.717, 1.165) is 103 Å². The van der Waals surface area contributed by atoms with Crippen LogP contribution in [0.15, 0.2) is 122 Å². The lowest BCUT2D eigenvalue weighted by Gasteiger charge is -2.18. The van der Waals surface area contributed by atoms with E-state index in [4.69, 9.17) is 14.2 Å². The van der Waals surface area contributed by atoms with E-state index in [-0.39, 0.29) is 44.0 Å². The van der Waals surface area contributed by atoms with Gasteiger partial charge in [-0.25, -0.2) is 0 Å². The molecular weight excluding hydrogens is 769 g/mol. The number of unbranched alkanes of at least 4 members (excludes halogenated alkanes) is 11. The lowest BCUT2D eigenvalue weighted by atomic mass is 10.1. The van der Waals surface area contributed by atoms with E-state index in [0.29, 0.717) is 19.3 Å². The van der Waals surface area contributed by atoms with Crippen LogP contribution in [-0.2, 0) is 28.6 Å². The molecule has 1 unspecified atom stereocenters. The molecule has 0 aromatic rings. The average Bonchev–Trinajstić information content (AvgIpc) is 3.27. The maximum absolute atomic E-state index is 12.7. The quantitative estimate of drug-likeness (QED) is 0.0263. The molecule has 0 aromatic carbocycles. The normalized spacial score (nSPS) is 13.1. The smallest absolute Gasteiger partial charge is 0.306 e. The van der Waals surface area contributed by atoms with Gasteiger partial charge in [0.25, 0.3) is 0 Å². The van der Waals surface area contributed by atoms with Crippen molar-refractivity contribution in [2.75, 3.05) is 13.2 Å². The number of hydrogen-bond acceptors (Lipinski definition) is 6. The highest BCUT2D eigenvalue weighted by atomic mass is 16.6. The van der Waals surface area contributed by atoms with Gasteiger partial charge in [0.1, 0.15) is 13.2 Å². The van der Waals surface area contributed by atoms with Crippen LogP contribution >= 0.6 is 0 Å². The summed E-state index contributed by atoms with van der Waals surface area (Å²) >= 11 is 0. The number of carbonyl (C=O) groups excluding carboxylic acids is 3. The molecular formula is C56H88O6. The molecule has 0 rings (SSSR count). The minimum Gasteiger partial charge on any atom is -0.462 e. The zero-order valence-electron chi connectivity index (χ0n) is 39.6. The van der Waals surface area contributed by atoms with Gasteiger partial charge >= 0.3 is 17.9 Å². The SMILES string of the molecule is CC/C=C\C/C=C\C/C=C\C/C=C\C/C=C\CCCC(=O)OCC(COC(=O)CCCCCC/C=C\CCCC)OC(=O)CCC/C=C\C/C=C\C/C=C\C/C=C\CCCCC. The molecule has 0 aliphatic heterocycles. The number of ether oxygens (including phenoxy) is 3. The van der Waals surface area contributed by atoms with Crippen molar-refractivity contribution in [2.24, 2.45) is 0 Å². The van der Waals surface area contributed by atoms with Gasteiger partial charge in [-0.2, -0.15) is 0 Å². The highest BCUT2D eigenvalue weighted by molar-refractivity contribution is 5.71. The van der Waals surface area contributed by atoms with Gasteiger partial charge in [0.15, 0.2) is 6.10 Å². The van der Waals surface area contributed by atoms with E-state index in [1.165, 1.54) is 38.5 Å². The molecule has 1 atom stereocenters. The molecule has 0 fully saturated rings. The van der Waals surface area contributed by atoms with Crippen molar-refractivity contribution >= 4 is 17.9 Å². The fourth-order valence-corrected chi connectivity index (χ4v) is 5.98. The van der Waals surface area contributed by atoms with Gasteiger partial charge in [-0.1, -0.05) is 181 Å². The van der Waals surface area contributed by atoms with Crippen molar-refractivity contribution in [1.29, 1.82) is 0 Å². The fraction of sp³-hybridized carbons (Fsp3) is 0.589. The largest absolute Gasteiger partial charge is 0.462 e. The molecule has 0 N–H and O–H groups in total. The molecule has 0 saturated heterocycles. The van der Waals surface area contributed by atoms with Crippen LogP contribution in [0, 0.1) is 0 Å². The Bertz CT molecular complexity index is 1350. The van der Waals surface area contributed by atoms with Gasteiger partial charge in [-0.3, -0.25) is 14.4 Å². The topological polar surface area (TPSA) is 78.9 Å². The molecule has 0 aliphatic rings. The van der Waals surface area contributed by atoms with Gasteiger partial charge in [0.05, 0.1) is 0 Å². The highest BCUT2D eigenvalue weighted by Gasteiger charge is 2.19. The summed E-state index contributed by atoms with van der Waals surface area (Å²) in [7, 11) is 0. The Hall–Kier alpha value is -4.19. The van der Waals surface area contributed by atoms with Crippen LogP contribution in [0.4, 0.5) is 0 Å². The minimum atomic E-state index is -0.836. The number of carbonyl (C=O) groups is 3. The third-order valence-corrected chi connectivity index (χ3v) is 9.67. The van der Waals surface area contributed by atoms with E-state index in [1.54, 1.807) is 0 Å². The Labute approximate surface area is 380 Å². The van der Waals surface area contributed by atoms with Gasteiger partial charge in [0.2, 0.25) is 0 Å². The standard InChI is InChI=1S/C56H88O6/c1-4-7-10-13-16-19-22-24-26-28-30-32-34-37-40-43-46-49-55(58)61-52-53(51-60-54(57)48-45-42-39-36-21-18-15-12-9-6-3)62-56(59)50-47-44-41-38-35-33-31-29-27-25-23-20-17-14-11-8-5-2/h7,10,15-20,24-27,30-33,37-38,40-41,53H,4-6,8-9,11-14,21-23,28-29,34-36,39,42-52H2,1-3H3/b10-7-,18-15-,19-16-,20-17-,26-24-,27-25-,32-30-,33-31-,40-37-,41-38-. The first-order valence-corrected chi connectivity index (χ1v) is 24.5. The average molecular weight is 857 g/mol. The van der Waals surface area contributed by atoms with Crippen LogP contribution in [0.5, 0.6) is 0 Å². The number of esters is 3. The Morgan fingerprint density at radius 2 is 0.661 bits per heavy atom. The van der Waals surface area contributed by atoms with E-state index in [1.807, 2.05) is 0 Å². The van der Waals surface area contributed by atoms with Crippen molar-refractivity contribution in [2.45, 2.75) is 200 Å². The second-order valence-electron chi connectivity index (χ2n) is 15.6. The maximum atomic E-state index is 12.7. The van der Waals surface area contributed by atoms with E-state index in [2.05, 4.69) is 142 Å². The molecule has 6 nitrogen and oxygen atoms in total. The van der Waals surface area contributed by atoms with E-state index < -0.39 is 6.10 Å². The predicted octanol–water partition coefficient (Wildman–Crippen LogP) is 16.1. The van der Waals surface area contributed by atoms with Gasteiger partial charge in [-0.05, 0) is 116 Å². The van der Waals surface area contributed by atoms with Crippen LogP contribution in [-0.4, -0.2) is 37.2 Å². The first-order chi connectivity index (χ1) is 30.5. The van der Waals surface area contributed by atoms with Gasteiger partial charge in [0, 0.05) is 19.3 Å². The first-order valence-electron chi connectivity index (χ1n) is 24.5. The molecule has 6 heteroatoms. The summed E-state index contributed by atoms with van der Waals surface area (Å²) < 4.78 is 16.6. The van der Waals surface area contributed by atoms with Gasteiger partial charge in [-0.15, -0.1) is 0 Å². The molecule has 0 aliphatic carbocycles. The van der Waals surface area contributed by atoms with Crippen molar-refractivity contribution in [3.8, 4) is 0 Å². The second kappa shape index (κ2) is 49.5. The minimum absolute atomic E-state index is 0.127. The zero-order valence-corrected chi connectivity index (χ0v) is 39.6. The summed E-state index contributed by atoms with van der Waals surface area (Å²) in [5.74, 6) is -1.07. The van der Waals surface area contributed by atoms with Crippen molar-refractivity contribution in [3.05, 3.63) is 122 Å².